The smallest absolute Gasteiger partial charge is 0.327 e. The number of nitrogens with one attached hydrogen (secondary N) is 4. The molecule has 0 radical (unpaired) electrons. The van der Waals surface area contributed by atoms with Gasteiger partial charge in [0.05, 0.1) is 11.5 Å². The third-order valence-electron chi connectivity index (χ3n) is 3.18. The molecule has 0 amide bonds. The van der Waals surface area contributed by atoms with E-state index in [2.05, 4.69) is 25.3 Å². The van der Waals surface area contributed by atoms with E-state index in [1.165, 1.54) is 0 Å². The highest BCUT2D eigenvalue weighted by Gasteiger charge is 2.25. The fourth-order valence-electron chi connectivity index (χ4n) is 2.31. The van der Waals surface area contributed by atoms with Gasteiger partial charge in [0.2, 0.25) is 0 Å². The lowest BCUT2D eigenvalue weighted by Crippen LogP contribution is -2.46. The molecular formula is C10H13N5O4S. The Morgan fingerprint density at radius 3 is 2.75 bits per heavy atom. The summed E-state index contributed by atoms with van der Waals surface area (Å²) >= 11 is 0. The summed E-state index contributed by atoms with van der Waals surface area (Å²) < 4.78 is 23.1. The Kier molecular flexibility index (Phi) is 2.98. The monoisotopic (exact) mass is 299 g/mol. The molecule has 20 heavy (non-hydrogen) atoms. The first-order valence-electron chi connectivity index (χ1n) is 6.08. The van der Waals surface area contributed by atoms with E-state index in [1.807, 2.05) is 0 Å². The number of hydrogen-bond donors (Lipinski definition) is 4. The fourth-order valence-corrected chi connectivity index (χ4v) is 3.75. The summed E-state index contributed by atoms with van der Waals surface area (Å²) in [6.45, 7) is 0.407. The standard InChI is InChI=1S/C10H13N5O4S/c16-9-7-8(14-10(17)15-9)13-6(12-7)3-5-4-20(18,19)2-1-11-5/h5,11H,1-4H2,(H3,12,13,14,15,16,17). The maximum atomic E-state index is 11.5. The van der Waals surface area contributed by atoms with Gasteiger partial charge in [-0.05, 0) is 0 Å². The van der Waals surface area contributed by atoms with Crippen LogP contribution in [0.2, 0.25) is 0 Å². The molecule has 2 aromatic rings. The molecular weight excluding hydrogens is 286 g/mol. The molecule has 1 aliphatic heterocycles. The average Bonchev–Trinajstić information content (AvgIpc) is 2.70. The van der Waals surface area contributed by atoms with E-state index in [9.17, 15) is 18.0 Å². The molecule has 1 fully saturated rings. The van der Waals surface area contributed by atoms with Gasteiger partial charge in [0.25, 0.3) is 5.56 Å². The van der Waals surface area contributed by atoms with Crippen LogP contribution in [-0.2, 0) is 16.3 Å². The Balaban J connectivity index is 1.90. The van der Waals surface area contributed by atoms with Crippen molar-refractivity contribution in [3.05, 3.63) is 26.7 Å². The number of H-pyrrole nitrogens is 3. The van der Waals surface area contributed by atoms with Crippen LogP contribution in [0.3, 0.4) is 0 Å². The molecule has 1 atom stereocenters. The van der Waals surface area contributed by atoms with Crippen molar-refractivity contribution in [2.24, 2.45) is 0 Å². The molecule has 108 valence electrons. The van der Waals surface area contributed by atoms with Gasteiger partial charge in [0.1, 0.15) is 11.3 Å². The molecule has 1 saturated heterocycles. The van der Waals surface area contributed by atoms with Gasteiger partial charge >= 0.3 is 5.69 Å². The highest BCUT2D eigenvalue weighted by Crippen LogP contribution is 2.08. The molecule has 10 heteroatoms. The van der Waals surface area contributed by atoms with Gasteiger partial charge in [0, 0.05) is 19.0 Å². The Morgan fingerprint density at radius 2 is 2.00 bits per heavy atom. The molecule has 2 aromatic heterocycles. The quantitative estimate of drug-likeness (QED) is 0.499. The van der Waals surface area contributed by atoms with Crippen LogP contribution in [0.4, 0.5) is 0 Å². The molecule has 1 unspecified atom stereocenters. The zero-order valence-corrected chi connectivity index (χ0v) is 11.2. The van der Waals surface area contributed by atoms with Crippen molar-refractivity contribution in [2.75, 3.05) is 18.1 Å². The first-order chi connectivity index (χ1) is 9.43. The van der Waals surface area contributed by atoms with Crippen molar-refractivity contribution in [2.45, 2.75) is 12.5 Å². The van der Waals surface area contributed by atoms with Gasteiger partial charge in [-0.25, -0.2) is 18.2 Å². The highest BCUT2D eigenvalue weighted by atomic mass is 32.2. The number of sulfone groups is 1. The molecule has 0 spiro atoms. The van der Waals surface area contributed by atoms with E-state index >= 15 is 0 Å². The number of nitrogens with zero attached hydrogens (tertiary/aromatic N) is 1. The van der Waals surface area contributed by atoms with Crippen molar-refractivity contribution in [3.8, 4) is 0 Å². The van der Waals surface area contributed by atoms with E-state index in [0.717, 1.165) is 0 Å². The van der Waals surface area contributed by atoms with E-state index in [0.29, 0.717) is 18.8 Å². The maximum Gasteiger partial charge on any atom is 0.327 e. The van der Waals surface area contributed by atoms with Crippen molar-refractivity contribution < 1.29 is 8.42 Å². The molecule has 0 bridgehead atoms. The SMILES string of the molecule is O=c1[nH]c(=O)c2[nH]c(CC3CS(=O)(=O)CCN3)nc2[nH]1. The van der Waals surface area contributed by atoms with Gasteiger partial charge in [-0.3, -0.25) is 14.8 Å². The van der Waals surface area contributed by atoms with E-state index in [1.54, 1.807) is 0 Å². The first-order valence-corrected chi connectivity index (χ1v) is 7.90. The lowest BCUT2D eigenvalue weighted by molar-refractivity contribution is 0.510. The average molecular weight is 299 g/mol. The Bertz CT molecular complexity index is 862. The van der Waals surface area contributed by atoms with Crippen molar-refractivity contribution >= 4 is 21.0 Å². The first kappa shape index (κ1) is 13.1. The summed E-state index contributed by atoms with van der Waals surface area (Å²) in [5.41, 5.74) is -0.823. The summed E-state index contributed by atoms with van der Waals surface area (Å²) in [5.74, 6) is 0.634. The number of fused-ring (bicyclic) bond motifs is 1. The Morgan fingerprint density at radius 1 is 1.20 bits per heavy atom. The molecule has 0 saturated carbocycles. The zero-order valence-electron chi connectivity index (χ0n) is 10.4. The second-order valence-electron chi connectivity index (χ2n) is 4.78. The summed E-state index contributed by atoms with van der Waals surface area (Å²) in [6, 6.07) is -0.250. The van der Waals surface area contributed by atoms with Crippen LogP contribution in [0.1, 0.15) is 5.82 Å². The van der Waals surface area contributed by atoms with Crippen molar-refractivity contribution in [3.63, 3.8) is 0 Å². The summed E-state index contributed by atoms with van der Waals surface area (Å²) in [7, 11) is -3.03. The molecule has 0 aliphatic carbocycles. The van der Waals surface area contributed by atoms with E-state index < -0.39 is 21.1 Å². The molecule has 3 heterocycles. The number of rotatable bonds is 2. The van der Waals surface area contributed by atoms with E-state index in [4.69, 9.17) is 0 Å². The van der Waals surface area contributed by atoms with Gasteiger partial charge < -0.3 is 10.3 Å². The predicted octanol–water partition coefficient (Wildman–Crippen LogP) is -2.13. The van der Waals surface area contributed by atoms with Crippen molar-refractivity contribution in [1.82, 2.24) is 25.3 Å². The number of aromatic amines is 3. The third kappa shape index (κ3) is 2.51. The predicted molar refractivity (Wildman–Crippen MR) is 71.5 cm³/mol. The summed E-state index contributed by atoms with van der Waals surface area (Å²) in [4.78, 5) is 34.1. The minimum absolute atomic E-state index is 0.0386. The van der Waals surface area contributed by atoms with Gasteiger partial charge in [-0.15, -0.1) is 0 Å². The largest absolute Gasteiger partial charge is 0.336 e. The van der Waals surface area contributed by atoms with Crippen LogP contribution in [0, 0.1) is 0 Å². The zero-order chi connectivity index (χ0) is 14.3. The Labute approximate surface area is 112 Å². The number of aromatic nitrogens is 4. The number of imidazole rings is 1. The molecule has 9 nitrogen and oxygen atoms in total. The fraction of sp³-hybridized carbons (Fsp3) is 0.500. The van der Waals surface area contributed by atoms with Crippen LogP contribution in [0.25, 0.3) is 11.2 Å². The Hall–Kier alpha value is -1.94. The summed E-state index contributed by atoms with van der Waals surface area (Å²) in [5, 5.41) is 3.10. The minimum Gasteiger partial charge on any atom is -0.336 e. The minimum atomic E-state index is -3.03. The second kappa shape index (κ2) is 4.56. The lowest BCUT2D eigenvalue weighted by Gasteiger charge is -2.22. The maximum absolute atomic E-state index is 11.5. The van der Waals surface area contributed by atoms with Gasteiger partial charge in [0.15, 0.2) is 15.5 Å². The van der Waals surface area contributed by atoms with Gasteiger partial charge in [-0.2, -0.15) is 0 Å². The molecule has 0 aromatic carbocycles. The van der Waals surface area contributed by atoms with Crippen LogP contribution < -0.4 is 16.6 Å². The normalized spacial score (nSPS) is 22.1. The van der Waals surface area contributed by atoms with Crippen LogP contribution in [0.15, 0.2) is 9.59 Å². The lowest BCUT2D eigenvalue weighted by atomic mass is 10.2. The third-order valence-corrected chi connectivity index (χ3v) is 4.92. The number of hydrogen-bond acceptors (Lipinski definition) is 6. The van der Waals surface area contributed by atoms with Crippen molar-refractivity contribution in [1.29, 1.82) is 0 Å². The summed E-state index contributed by atoms with van der Waals surface area (Å²) in [6.07, 6.45) is 0.343. The molecule has 3 rings (SSSR count). The molecule has 1 aliphatic rings. The topological polar surface area (TPSA) is 141 Å². The second-order valence-corrected chi connectivity index (χ2v) is 7.01. The van der Waals surface area contributed by atoms with Crippen LogP contribution >= 0.6 is 0 Å². The van der Waals surface area contributed by atoms with Gasteiger partial charge in [-0.1, -0.05) is 0 Å². The highest BCUT2D eigenvalue weighted by molar-refractivity contribution is 7.91. The van der Waals surface area contributed by atoms with Crippen LogP contribution in [0.5, 0.6) is 0 Å². The van der Waals surface area contributed by atoms with E-state index in [-0.39, 0.29) is 28.7 Å². The molecule has 4 N–H and O–H groups in total. The van der Waals surface area contributed by atoms with Crippen LogP contribution in [-0.4, -0.2) is 52.4 Å².